The van der Waals surface area contributed by atoms with Crippen LogP contribution in [0, 0.1) is 5.92 Å². The first kappa shape index (κ1) is 42.4. The van der Waals surface area contributed by atoms with Crippen LogP contribution in [0.1, 0.15) is 187 Å². The summed E-state index contributed by atoms with van der Waals surface area (Å²) < 4.78 is 0. The zero-order chi connectivity index (χ0) is 31.8. The molecule has 0 saturated heterocycles. The molecule has 0 spiro atoms. The molecule has 0 rings (SSSR count). The van der Waals surface area contributed by atoms with Gasteiger partial charge in [0.25, 0.3) is 0 Å². The molecule has 0 aromatic carbocycles. The number of hydrogen-bond acceptors (Lipinski definition) is 5. The number of hydrogen-bond donors (Lipinski definition) is 3. The second kappa shape index (κ2) is 32.8. The number of allylic oxidation sites excluding steroid dienone is 2. The van der Waals surface area contributed by atoms with E-state index >= 15 is 0 Å². The maximum atomic E-state index is 13.1. The van der Waals surface area contributed by atoms with Crippen LogP contribution in [0.3, 0.4) is 0 Å². The van der Waals surface area contributed by atoms with Crippen LogP contribution < -0.4 is 0 Å². The molecule has 6 heteroatoms. The fraction of sp³-hybridized carbons (Fsp3) is 0.892. The number of aliphatic hydroxyl groups excluding tert-OH is 3. The Morgan fingerprint density at radius 1 is 0.581 bits per heavy atom. The second-order valence-electron chi connectivity index (χ2n) is 12.7. The molecule has 0 heterocycles. The summed E-state index contributed by atoms with van der Waals surface area (Å²) in [6.07, 6.45) is 34.8. The topological polar surface area (TPSA) is 94.8 Å². The first-order valence-electron chi connectivity index (χ1n) is 18.4. The van der Waals surface area contributed by atoms with Crippen LogP contribution in [0.2, 0.25) is 0 Å². The van der Waals surface area contributed by atoms with Crippen LogP contribution in [0.5, 0.6) is 0 Å². The van der Waals surface area contributed by atoms with Crippen LogP contribution in [0.15, 0.2) is 12.2 Å². The van der Waals surface area contributed by atoms with Crippen molar-refractivity contribution >= 4 is 19.9 Å². The van der Waals surface area contributed by atoms with E-state index in [2.05, 4.69) is 26.0 Å². The first-order valence-corrected chi connectivity index (χ1v) is 19.5. The van der Waals surface area contributed by atoms with Gasteiger partial charge >= 0.3 is 0 Å². The highest BCUT2D eigenvalue weighted by Gasteiger charge is 2.29. The number of unbranched alkanes of at least 4 members (excludes halogenated alkanes) is 22. The Kier molecular flexibility index (Phi) is 32.3. The Morgan fingerprint density at radius 2 is 0.977 bits per heavy atom. The number of carbonyl (C=O) groups is 2. The molecule has 4 unspecified atom stereocenters. The molecule has 0 aromatic heterocycles. The summed E-state index contributed by atoms with van der Waals surface area (Å²) >= 11 is 0. The maximum absolute atomic E-state index is 13.1. The zero-order valence-corrected chi connectivity index (χ0v) is 29.3. The predicted molar refractivity (Wildman–Crippen MR) is 186 cm³/mol. The highest BCUT2D eigenvalue weighted by Crippen LogP contribution is 2.30. The SMILES string of the molecule is CCCCCCCCC=CCCCCCCC(C(=O)CCCCCCCCCCCCCCC)C(=O)PC(O)C(O)CO. The van der Waals surface area contributed by atoms with Crippen molar-refractivity contribution in [1.29, 1.82) is 0 Å². The van der Waals surface area contributed by atoms with Gasteiger partial charge in [0, 0.05) is 6.42 Å². The molecule has 0 aliphatic heterocycles. The van der Waals surface area contributed by atoms with Gasteiger partial charge in [-0.05, 0) is 47.1 Å². The summed E-state index contributed by atoms with van der Waals surface area (Å²) in [5, 5.41) is 28.9. The summed E-state index contributed by atoms with van der Waals surface area (Å²) in [7, 11) is -0.568. The molecule has 4 atom stereocenters. The highest BCUT2D eigenvalue weighted by atomic mass is 31.1. The maximum Gasteiger partial charge on any atom is 0.164 e. The largest absolute Gasteiger partial charge is 0.394 e. The van der Waals surface area contributed by atoms with Crippen molar-refractivity contribution in [1.82, 2.24) is 0 Å². The molecule has 3 N–H and O–H groups in total. The third-order valence-electron chi connectivity index (χ3n) is 8.58. The molecule has 0 aliphatic carbocycles. The van der Waals surface area contributed by atoms with Gasteiger partial charge in [-0.3, -0.25) is 9.59 Å². The molecular formula is C37H71O5P. The smallest absolute Gasteiger partial charge is 0.164 e. The molecule has 5 nitrogen and oxygen atoms in total. The van der Waals surface area contributed by atoms with E-state index in [0.29, 0.717) is 12.8 Å². The molecule has 254 valence electrons. The minimum atomic E-state index is -1.34. The summed E-state index contributed by atoms with van der Waals surface area (Å²) in [6, 6.07) is 0. The summed E-state index contributed by atoms with van der Waals surface area (Å²) in [4.78, 5) is 26.0. The fourth-order valence-electron chi connectivity index (χ4n) is 5.61. The van der Waals surface area contributed by atoms with E-state index in [1.54, 1.807) is 0 Å². The number of Topliss-reactive ketones (excluding diaryl/α,β-unsaturated/α-hetero) is 1. The monoisotopic (exact) mass is 627 g/mol. The van der Waals surface area contributed by atoms with E-state index in [1.165, 1.54) is 109 Å². The van der Waals surface area contributed by atoms with Gasteiger partial charge < -0.3 is 15.3 Å². The van der Waals surface area contributed by atoms with Gasteiger partial charge in [-0.1, -0.05) is 154 Å². The summed E-state index contributed by atoms with van der Waals surface area (Å²) in [6.45, 7) is 3.92. The normalized spacial score (nSPS) is 14.2. The van der Waals surface area contributed by atoms with Crippen molar-refractivity contribution in [3.05, 3.63) is 12.2 Å². The van der Waals surface area contributed by atoms with Gasteiger partial charge in [-0.15, -0.1) is 0 Å². The molecule has 0 bridgehead atoms. The van der Waals surface area contributed by atoms with Crippen molar-refractivity contribution < 1.29 is 24.9 Å². The van der Waals surface area contributed by atoms with Crippen LogP contribution >= 0.6 is 8.58 Å². The Hall–Kier alpha value is -0.610. The van der Waals surface area contributed by atoms with Crippen LogP contribution in [-0.4, -0.2) is 45.2 Å². The van der Waals surface area contributed by atoms with Gasteiger partial charge in [0.2, 0.25) is 0 Å². The number of aliphatic hydroxyl groups is 3. The standard InChI is InChI=1S/C37H71O5P/c1-3-5-7-9-11-13-15-17-19-20-22-24-26-28-30-33(36(41)43-37(42)35(40)32-38)34(39)31-29-27-25-23-21-18-16-14-12-10-8-6-4-2/h17,19,33,35,37-38,40,42-43H,3-16,18,20-32H2,1-2H3. The van der Waals surface area contributed by atoms with Crippen LogP contribution in [-0.2, 0) is 9.59 Å². The highest BCUT2D eigenvalue weighted by molar-refractivity contribution is 7.58. The Balaban J connectivity index is 4.22. The Morgan fingerprint density at radius 3 is 1.42 bits per heavy atom. The van der Waals surface area contributed by atoms with Crippen LogP contribution in [0.4, 0.5) is 0 Å². The van der Waals surface area contributed by atoms with E-state index in [1.807, 2.05) is 0 Å². The Labute approximate surface area is 268 Å². The van der Waals surface area contributed by atoms with Crippen LogP contribution in [0.25, 0.3) is 0 Å². The van der Waals surface area contributed by atoms with E-state index < -0.39 is 33.1 Å². The minimum Gasteiger partial charge on any atom is -0.394 e. The van der Waals surface area contributed by atoms with Crippen molar-refractivity contribution in [2.45, 2.75) is 199 Å². The van der Waals surface area contributed by atoms with Crippen molar-refractivity contribution in [2.75, 3.05) is 6.61 Å². The van der Waals surface area contributed by atoms with Gasteiger partial charge in [0.05, 0.1) is 12.5 Å². The number of carbonyl (C=O) groups excluding carboxylic acids is 2. The lowest BCUT2D eigenvalue weighted by Crippen LogP contribution is -2.29. The average Bonchev–Trinajstić information content (AvgIpc) is 3.00. The lowest BCUT2D eigenvalue weighted by atomic mass is 9.94. The third-order valence-corrected chi connectivity index (χ3v) is 9.89. The van der Waals surface area contributed by atoms with Gasteiger partial charge in [-0.25, -0.2) is 0 Å². The second-order valence-corrected chi connectivity index (χ2v) is 14.1. The Bertz CT molecular complexity index is 653. The van der Waals surface area contributed by atoms with Gasteiger partial charge in [-0.2, -0.15) is 0 Å². The lowest BCUT2D eigenvalue weighted by Gasteiger charge is -2.19. The van der Waals surface area contributed by atoms with E-state index in [-0.39, 0.29) is 11.3 Å². The minimum absolute atomic E-state index is 0.0103. The van der Waals surface area contributed by atoms with E-state index in [9.17, 15) is 19.8 Å². The van der Waals surface area contributed by atoms with E-state index in [4.69, 9.17) is 5.11 Å². The number of ketones is 1. The van der Waals surface area contributed by atoms with Gasteiger partial charge in [0.15, 0.2) is 5.52 Å². The van der Waals surface area contributed by atoms with Crippen molar-refractivity contribution in [3.63, 3.8) is 0 Å². The average molecular weight is 627 g/mol. The van der Waals surface area contributed by atoms with Crippen molar-refractivity contribution in [3.8, 4) is 0 Å². The zero-order valence-electron chi connectivity index (χ0n) is 28.3. The molecular weight excluding hydrogens is 555 g/mol. The molecule has 43 heavy (non-hydrogen) atoms. The molecule has 0 aliphatic rings. The molecule has 0 amide bonds. The van der Waals surface area contributed by atoms with E-state index in [0.717, 1.165) is 51.4 Å². The molecule has 0 saturated carbocycles. The third kappa shape index (κ3) is 27.4. The summed E-state index contributed by atoms with van der Waals surface area (Å²) in [5.74, 6) is -2.00. The fourth-order valence-corrected chi connectivity index (χ4v) is 6.71. The predicted octanol–water partition coefficient (Wildman–Crippen LogP) is 10.2. The number of rotatable bonds is 34. The molecule has 0 radical (unpaired) electrons. The first-order chi connectivity index (χ1) is 21.0. The van der Waals surface area contributed by atoms with Crippen molar-refractivity contribution in [2.24, 2.45) is 5.92 Å². The molecule has 0 aromatic rings. The lowest BCUT2D eigenvalue weighted by molar-refractivity contribution is -0.129. The summed E-state index contributed by atoms with van der Waals surface area (Å²) in [5.41, 5.74) is -0.266. The van der Waals surface area contributed by atoms with Gasteiger partial charge in [0.1, 0.15) is 17.7 Å². The molecule has 0 fully saturated rings. The quantitative estimate of drug-likeness (QED) is 0.0286.